The summed E-state index contributed by atoms with van der Waals surface area (Å²) in [6, 6.07) is 17.9. The molecule has 0 heterocycles. The second-order valence-electron chi connectivity index (χ2n) is 8.87. The summed E-state index contributed by atoms with van der Waals surface area (Å²) in [6.07, 6.45) is 0.425. The first-order valence-electron chi connectivity index (χ1n) is 12.1. The number of halogens is 1. The lowest BCUT2D eigenvalue weighted by atomic mass is 10.0. The number of hydrogen-bond acceptors (Lipinski definition) is 5. The maximum atomic E-state index is 12.8. The molecule has 0 bridgehead atoms. The van der Waals surface area contributed by atoms with Gasteiger partial charge in [-0.25, -0.2) is 0 Å². The number of carbonyl (C=O) groups excluding carboxylic acids is 1. The maximum absolute atomic E-state index is 12.8. The van der Waals surface area contributed by atoms with Gasteiger partial charge in [0.05, 0.1) is 6.61 Å². The van der Waals surface area contributed by atoms with E-state index in [1.807, 2.05) is 24.3 Å². The molecule has 0 aliphatic carbocycles. The van der Waals surface area contributed by atoms with Gasteiger partial charge in [0.25, 0.3) is 5.91 Å². The summed E-state index contributed by atoms with van der Waals surface area (Å²) in [7, 11) is 3.35. The SMILES string of the molecule is CN(C)C(=O)c1cc(OCc2cccc(OCCCC(=O)O)c2CCC(=O)O)cc(-c2ccc(Cl)cc2)c1. The Labute approximate surface area is 226 Å². The minimum absolute atomic E-state index is 0.0226. The minimum atomic E-state index is -0.944. The highest BCUT2D eigenvalue weighted by atomic mass is 35.5. The number of hydrogen-bond donors (Lipinski definition) is 2. The third-order valence-corrected chi connectivity index (χ3v) is 5.99. The van der Waals surface area contributed by atoms with Crippen LogP contribution in [0.15, 0.2) is 60.7 Å². The van der Waals surface area contributed by atoms with Crippen LogP contribution >= 0.6 is 11.6 Å². The van der Waals surface area contributed by atoms with Gasteiger partial charge in [0.2, 0.25) is 0 Å². The van der Waals surface area contributed by atoms with E-state index in [9.17, 15) is 19.5 Å². The Balaban J connectivity index is 1.89. The zero-order chi connectivity index (χ0) is 27.7. The van der Waals surface area contributed by atoms with Crippen molar-refractivity contribution in [2.75, 3.05) is 20.7 Å². The Morgan fingerprint density at radius 3 is 2.24 bits per heavy atom. The van der Waals surface area contributed by atoms with Crippen LogP contribution in [-0.2, 0) is 22.6 Å². The number of carbonyl (C=O) groups is 3. The van der Waals surface area contributed by atoms with E-state index in [1.165, 1.54) is 4.90 Å². The number of nitrogens with zero attached hydrogens (tertiary/aromatic N) is 1. The molecule has 0 radical (unpaired) electrons. The van der Waals surface area contributed by atoms with Gasteiger partial charge in [0, 0.05) is 43.1 Å². The first-order chi connectivity index (χ1) is 18.1. The van der Waals surface area contributed by atoms with Gasteiger partial charge in [-0.1, -0.05) is 35.9 Å². The van der Waals surface area contributed by atoms with Crippen LogP contribution in [0.2, 0.25) is 5.02 Å². The van der Waals surface area contributed by atoms with Crippen molar-refractivity contribution < 1.29 is 34.1 Å². The monoisotopic (exact) mass is 539 g/mol. The van der Waals surface area contributed by atoms with Gasteiger partial charge in [-0.05, 0) is 65.9 Å². The number of amides is 1. The fraction of sp³-hybridized carbons (Fsp3) is 0.276. The van der Waals surface area contributed by atoms with Gasteiger partial charge in [-0.3, -0.25) is 14.4 Å². The lowest BCUT2D eigenvalue weighted by Gasteiger charge is -2.17. The Bertz CT molecular complexity index is 1290. The van der Waals surface area contributed by atoms with E-state index in [2.05, 4.69) is 0 Å². The lowest BCUT2D eigenvalue weighted by molar-refractivity contribution is -0.138. The molecule has 200 valence electrons. The number of carboxylic acid groups (broad SMARTS) is 2. The molecule has 3 aromatic carbocycles. The smallest absolute Gasteiger partial charge is 0.303 e. The molecule has 0 spiro atoms. The van der Waals surface area contributed by atoms with Crippen LogP contribution in [0.3, 0.4) is 0 Å². The molecule has 0 atom stereocenters. The molecule has 0 saturated heterocycles. The first-order valence-corrected chi connectivity index (χ1v) is 12.4. The topological polar surface area (TPSA) is 113 Å². The molecular weight excluding hydrogens is 510 g/mol. The fourth-order valence-corrected chi connectivity index (χ4v) is 3.96. The van der Waals surface area contributed by atoms with Gasteiger partial charge in [0.1, 0.15) is 18.1 Å². The van der Waals surface area contributed by atoms with E-state index < -0.39 is 11.9 Å². The highest BCUT2D eigenvalue weighted by Crippen LogP contribution is 2.30. The molecular formula is C29H30ClNO7. The van der Waals surface area contributed by atoms with Crippen LogP contribution in [0.4, 0.5) is 0 Å². The number of aliphatic carboxylic acids is 2. The van der Waals surface area contributed by atoms with Gasteiger partial charge in [-0.15, -0.1) is 0 Å². The molecule has 38 heavy (non-hydrogen) atoms. The van der Waals surface area contributed by atoms with Crippen molar-refractivity contribution in [1.82, 2.24) is 4.90 Å². The van der Waals surface area contributed by atoms with Crippen molar-refractivity contribution in [3.8, 4) is 22.6 Å². The first kappa shape index (κ1) is 28.5. The third-order valence-electron chi connectivity index (χ3n) is 5.74. The summed E-state index contributed by atoms with van der Waals surface area (Å²) < 4.78 is 11.9. The molecule has 1 amide bonds. The fourth-order valence-electron chi connectivity index (χ4n) is 3.84. The van der Waals surface area contributed by atoms with Crippen LogP contribution in [-0.4, -0.2) is 53.7 Å². The van der Waals surface area contributed by atoms with Crippen LogP contribution in [0, 0.1) is 0 Å². The summed E-state index contributed by atoms with van der Waals surface area (Å²) in [5.74, 6) is -1.06. The van der Waals surface area contributed by atoms with E-state index in [0.29, 0.717) is 34.1 Å². The molecule has 2 N–H and O–H groups in total. The second kappa shape index (κ2) is 13.5. The number of ether oxygens (including phenoxy) is 2. The van der Waals surface area contributed by atoms with E-state index >= 15 is 0 Å². The summed E-state index contributed by atoms with van der Waals surface area (Å²) in [4.78, 5) is 36.3. The predicted molar refractivity (Wildman–Crippen MR) is 144 cm³/mol. The lowest BCUT2D eigenvalue weighted by Crippen LogP contribution is -2.21. The standard InChI is InChI=1S/C29H30ClNO7/c1-31(2)29(36)22-15-21(19-8-10-23(30)11-9-19)16-24(17-22)38-18-20-5-3-6-26(25(20)12-13-28(34)35)37-14-4-7-27(32)33/h3,5-6,8-11,15-17H,4,7,12-14,18H2,1-2H3,(H,32,33)(H,34,35). The Hall–Kier alpha value is -4.04. The van der Waals surface area contributed by atoms with Crippen molar-refractivity contribution in [1.29, 1.82) is 0 Å². The van der Waals surface area contributed by atoms with E-state index in [4.69, 9.17) is 26.2 Å². The molecule has 0 aromatic heterocycles. The van der Waals surface area contributed by atoms with Crippen LogP contribution in [0.1, 0.15) is 40.7 Å². The normalized spacial score (nSPS) is 10.6. The molecule has 3 rings (SSSR count). The average Bonchev–Trinajstić information content (AvgIpc) is 2.88. The molecule has 0 saturated carbocycles. The number of rotatable bonds is 13. The van der Waals surface area contributed by atoms with Gasteiger partial charge < -0.3 is 24.6 Å². The highest BCUT2D eigenvalue weighted by Gasteiger charge is 2.15. The summed E-state index contributed by atoms with van der Waals surface area (Å²) >= 11 is 6.04. The van der Waals surface area contributed by atoms with Crippen LogP contribution < -0.4 is 9.47 Å². The van der Waals surface area contributed by atoms with Crippen molar-refractivity contribution in [3.63, 3.8) is 0 Å². The van der Waals surface area contributed by atoms with E-state index in [0.717, 1.165) is 16.7 Å². The van der Waals surface area contributed by atoms with Gasteiger partial charge in [0.15, 0.2) is 0 Å². The quantitative estimate of drug-likeness (QED) is 0.274. The summed E-state index contributed by atoms with van der Waals surface area (Å²) in [5.41, 5.74) is 3.53. The van der Waals surface area contributed by atoms with Gasteiger partial charge in [-0.2, -0.15) is 0 Å². The second-order valence-corrected chi connectivity index (χ2v) is 9.31. The molecule has 3 aromatic rings. The molecule has 0 aliphatic rings. The number of benzene rings is 3. The predicted octanol–water partition coefficient (Wildman–Crippen LogP) is 5.55. The molecule has 8 nitrogen and oxygen atoms in total. The Kier molecular flexibility index (Phi) is 10.1. The Morgan fingerprint density at radius 2 is 1.58 bits per heavy atom. The van der Waals surface area contributed by atoms with Crippen molar-refractivity contribution in [2.45, 2.75) is 32.3 Å². The van der Waals surface area contributed by atoms with E-state index in [1.54, 1.807) is 50.5 Å². The summed E-state index contributed by atoms with van der Waals surface area (Å²) in [6.45, 7) is 0.302. The van der Waals surface area contributed by atoms with Crippen molar-refractivity contribution in [2.24, 2.45) is 0 Å². The molecule has 0 fully saturated rings. The zero-order valence-electron chi connectivity index (χ0n) is 21.3. The largest absolute Gasteiger partial charge is 0.493 e. The van der Waals surface area contributed by atoms with Crippen LogP contribution in [0.5, 0.6) is 11.5 Å². The average molecular weight is 540 g/mol. The summed E-state index contributed by atoms with van der Waals surface area (Å²) in [5, 5.41) is 18.7. The number of carboxylic acids is 2. The van der Waals surface area contributed by atoms with Crippen LogP contribution in [0.25, 0.3) is 11.1 Å². The third kappa shape index (κ3) is 8.24. The zero-order valence-corrected chi connectivity index (χ0v) is 22.0. The van der Waals surface area contributed by atoms with Gasteiger partial charge >= 0.3 is 11.9 Å². The van der Waals surface area contributed by atoms with Crippen molar-refractivity contribution in [3.05, 3.63) is 82.4 Å². The molecule has 0 unspecified atom stereocenters. The van der Waals surface area contributed by atoms with E-state index in [-0.39, 0.29) is 38.4 Å². The highest BCUT2D eigenvalue weighted by molar-refractivity contribution is 6.30. The maximum Gasteiger partial charge on any atom is 0.303 e. The van der Waals surface area contributed by atoms with Crippen molar-refractivity contribution >= 4 is 29.4 Å². The Morgan fingerprint density at radius 1 is 0.868 bits per heavy atom. The molecule has 9 heteroatoms. The minimum Gasteiger partial charge on any atom is -0.493 e. The molecule has 0 aliphatic heterocycles.